The number of hydrogen-bond acceptors (Lipinski definition) is 5. The molecular weight excluding hydrogens is 452 g/mol. The lowest BCUT2D eigenvalue weighted by Crippen LogP contribution is -2.48. The van der Waals surface area contributed by atoms with Gasteiger partial charge in [-0.25, -0.2) is 8.42 Å². The Balaban J connectivity index is 1.48. The van der Waals surface area contributed by atoms with Crippen LogP contribution in [0.25, 0.3) is 0 Å². The molecule has 2 atom stereocenters. The van der Waals surface area contributed by atoms with E-state index in [0.29, 0.717) is 36.8 Å². The molecular formula is C23H29ClN2O5S. The minimum atomic E-state index is -3.70. The van der Waals surface area contributed by atoms with E-state index < -0.39 is 10.0 Å². The van der Waals surface area contributed by atoms with Crippen LogP contribution in [0.4, 0.5) is 0 Å². The zero-order valence-corrected chi connectivity index (χ0v) is 19.9. The van der Waals surface area contributed by atoms with Gasteiger partial charge in [0.2, 0.25) is 10.0 Å². The summed E-state index contributed by atoms with van der Waals surface area (Å²) < 4.78 is 38.8. The zero-order valence-electron chi connectivity index (χ0n) is 18.3. The van der Waals surface area contributed by atoms with Crippen LogP contribution in [-0.4, -0.2) is 57.1 Å². The third-order valence-corrected chi connectivity index (χ3v) is 7.14. The van der Waals surface area contributed by atoms with Crippen molar-refractivity contribution in [3.8, 4) is 5.75 Å². The van der Waals surface area contributed by atoms with Crippen LogP contribution in [0, 0.1) is 0 Å². The quantitative estimate of drug-likeness (QED) is 0.553. The average Bonchev–Trinajstić information content (AvgIpc) is 2.76. The van der Waals surface area contributed by atoms with Crippen molar-refractivity contribution < 1.29 is 22.7 Å². The smallest absolute Gasteiger partial charge is 0.251 e. The average molecular weight is 481 g/mol. The van der Waals surface area contributed by atoms with Gasteiger partial charge in [-0.3, -0.25) is 4.79 Å². The lowest BCUT2D eigenvalue weighted by Gasteiger charge is -2.34. The van der Waals surface area contributed by atoms with Crippen LogP contribution in [0.5, 0.6) is 5.75 Å². The molecule has 1 amide bonds. The first-order chi connectivity index (χ1) is 15.3. The SMILES string of the molecule is CC1CN(S(=O)(=O)c2cccc(C(=O)NCCCCOc3ccc(Cl)cc3)c2)CC(C)O1. The summed E-state index contributed by atoms with van der Waals surface area (Å²) in [4.78, 5) is 12.6. The van der Waals surface area contributed by atoms with E-state index >= 15 is 0 Å². The number of nitrogens with zero attached hydrogens (tertiary/aromatic N) is 1. The normalized spacial score (nSPS) is 19.5. The third-order valence-electron chi connectivity index (χ3n) is 5.06. The number of benzene rings is 2. The van der Waals surface area contributed by atoms with Gasteiger partial charge in [-0.05, 0) is 69.2 Å². The lowest BCUT2D eigenvalue weighted by atomic mass is 10.2. The fourth-order valence-electron chi connectivity index (χ4n) is 3.53. The summed E-state index contributed by atoms with van der Waals surface area (Å²) in [5.74, 6) is 0.449. The topological polar surface area (TPSA) is 84.9 Å². The van der Waals surface area contributed by atoms with Crippen molar-refractivity contribution in [2.45, 2.75) is 43.8 Å². The van der Waals surface area contributed by atoms with Crippen molar-refractivity contribution in [3.63, 3.8) is 0 Å². The van der Waals surface area contributed by atoms with E-state index in [-0.39, 0.29) is 23.0 Å². The minimum absolute atomic E-state index is 0.114. The molecule has 0 saturated carbocycles. The first kappa shape index (κ1) is 24.5. The van der Waals surface area contributed by atoms with E-state index in [0.717, 1.165) is 18.6 Å². The van der Waals surface area contributed by atoms with Gasteiger partial charge in [0.1, 0.15) is 5.75 Å². The van der Waals surface area contributed by atoms with E-state index in [1.807, 2.05) is 26.0 Å². The highest BCUT2D eigenvalue weighted by Gasteiger charge is 2.32. The standard InChI is InChI=1S/C23H29ClN2O5S/c1-17-15-26(16-18(2)31-17)32(28,29)22-7-5-6-19(14-22)23(27)25-12-3-4-13-30-21-10-8-20(24)9-11-21/h5-11,14,17-18H,3-4,12-13,15-16H2,1-2H3,(H,25,27). The van der Waals surface area contributed by atoms with Gasteiger partial charge in [0.25, 0.3) is 5.91 Å². The van der Waals surface area contributed by atoms with Crippen molar-refractivity contribution in [1.29, 1.82) is 0 Å². The van der Waals surface area contributed by atoms with Gasteiger partial charge in [0.15, 0.2) is 0 Å². The van der Waals surface area contributed by atoms with Crippen LogP contribution >= 0.6 is 11.6 Å². The molecule has 1 aliphatic rings. The number of ether oxygens (including phenoxy) is 2. The van der Waals surface area contributed by atoms with Gasteiger partial charge in [-0.1, -0.05) is 17.7 Å². The Labute approximate surface area is 194 Å². The molecule has 0 spiro atoms. The van der Waals surface area contributed by atoms with E-state index in [9.17, 15) is 13.2 Å². The first-order valence-electron chi connectivity index (χ1n) is 10.7. The monoisotopic (exact) mass is 480 g/mol. The number of rotatable bonds is 9. The number of nitrogens with one attached hydrogen (secondary N) is 1. The van der Waals surface area contributed by atoms with Crippen LogP contribution in [-0.2, 0) is 14.8 Å². The van der Waals surface area contributed by atoms with Crippen LogP contribution in [0.2, 0.25) is 5.02 Å². The summed E-state index contributed by atoms with van der Waals surface area (Å²) in [6.07, 6.45) is 1.15. The van der Waals surface area contributed by atoms with E-state index in [2.05, 4.69) is 5.32 Å². The van der Waals surface area contributed by atoms with Gasteiger partial charge in [-0.2, -0.15) is 4.31 Å². The first-order valence-corrected chi connectivity index (χ1v) is 12.5. The number of morpholine rings is 1. The maximum Gasteiger partial charge on any atom is 0.251 e. The zero-order chi connectivity index (χ0) is 23.1. The molecule has 1 saturated heterocycles. The second kappa shape index (κ2) is 11.1. The molecule has 3 rings (SSSR count). The molecule has 0 aliphatic carbocycles. The Morgan fingerprint density at radius 1 is 1.12 bits per heavy atom. The summed E-state index contributed by atoms with van der Waals surface area (Å²) in [5.41, 5.74) is 0.317. The van der Waals surface area contributed by atoms with Crippen molar-refractivity contribution >= 4 is 27.5 Å². The number of unbranched alkanes of at least 4 members (excludes halogenated alkanes) is 1. The molecule has 9 heteroatoms. The van der Waals surface area contributed by atoms with Crippen LogP contribution < -0.4 is 10.1 Å². The summed E-state index contributed by atoms with van der Waals surface area (Å²) >= 11 is 5.84. The molecule has 2 aromatic rings. The van der Waals surface area contributed by atoms with Crippen molar-refractivity contribution in [2.75, 3.05) is 26.2 Å². The predicted molar refractivity (Wildman–Crippen MR) is 124 cm³/mol. The van der Waals surface area contributed by atoms with E-state index in [1.54, 1.807) is 24.3 Å². The van der Waals surface area contributed by atoms with Gasteiger partial charge in [-0.15, -0.1) is 0 Å². The fraction of sp³-hybridized carbons (Fsp3) is 0.435. The molecule has 1 aliphatic heterocycles. The van der Waals surface area contributed by atoms with Gasteiger partial charge < -0.3 is 14.8 Å². The molecule has 2 unspecified atom stereocenters. The summed E-state index contributed by atoms with van der Waals surface area (Å²) in [6.45, 7) is 5.29. The molecule has 0 aromatic heterocycles. The van der Waals surface area contributed by atoms with Crippen molar-refractivity contribution in [3.05, 3.63) is 59.1 Å². The third kappa shape index (κ3) is 6.68. The summed E-state index contributed by atoms with van der Waals surface area (Å²) in [6, 6.07) is 13.3. The lowest BCUT2D eigenvalue weighted by molar-refractivity contribution is -0.0440. The Bertz CT molecular complexity index is 1000. The van der Waals surface area contributed by atoms with E-state index in [4.69, 9.17) is 21.1 Å². The maximum absolute atomic E-state index is 13.0. The highest BCUT2D eigenvalue weighted by atomic mass is 35.5. The Morgan fingerprint density at radius 3 is 2.50 bits per heavy atom. The minimum Gasteiger partial charge on any atom is -0.494 e. The summed E-state index contributed by atoms with van der Waals surface area (Å²) in [7, 11) is -3.70. The van der Waals surface area contributed by atoms with Gasteiger partial charge >= 0.3 is 0 Å². The summed E-state index contributed by atoms with van der Waals surface area (Å²) in [5, 5.41) is 3.50. The maximum atomic E-state index is 13.0. The molecule has 7 nitrogen and oxygen atoms in total. The molecule has 0 bridgehead atoms. The Morgan fingerprint density at radius 2 is 1.81 bits per heavy atom. The number of hydrogen-bond donors (Lipinski definition) is 1. The fourth-order valence-corrected chi connectivity index (χ4v) is 5.29. The van der Waals surface area contributed by atoms with Gasteiger partial charge in [0.05, 0.1) is 23.7 Å². The number of sulfonamides is 1. The van der Waals surface area contributed by atoms with Crippen LogP contribution in [0.3, 0.4) is 0 Å². The second-order valence-corrected chi connectivity index (χ2v) is 10.2. The highest BCUT2D eigenvalue weighted by Crippen LogP contribution is 2.22. The number of carbonyl (C=O) groups excluding carboxylic acids is 1. The molecule has 32 heavy (non-hydrogen) atoms. The number of halogens is 1. The largest absolute Gasteiger partial charge is 0.494 e. The Kier molecular flexibility index (Phi) is 8.53. The molecule has 1 fully saturated rings. The molecule has 2 aromatic carbocycles. The van der Waals surface area contributed by atoms with E-state index in [1.165, 1.54) is 16.4 Å². The van der Waals surface area contributed by atoms with Crippen LogP contribution in [0.1, 0.15) is 37.0 Å². The van der Waals surface area contributed by atoms with Crippen molar-refractivity contribution in [1.82, 2.24) is 9.62 Å². The Hall–Kier alpha value is -2.13. The van der Waals surface area contributed by atoms with Gasteiger partial charge in [0, 0.05) is 30.2 Å². The predicted octanol–water partition coefficient (Wildman–Crippen LogP) is 3.73. The molecule has 0 radical (unpaired) electrons. The van der Waals surface area contributed by atoms with Crippen molar-refractivity contribution in [2.24, 2.45) is 0 Å². The number of carbonyl (C=O) groups is 1. The molecule has 1 heterocycles. The molecule has 174 valence electrons. The van der Waals surface area contributed by atoms with Crippen LogP contribution in [0.15, 0.2) is 53.4 Å². The molecule has 1 N–H and O–H groups in total. The number of amides is 1. The second-order valence-electron chi connectivity index (χ2n) is 7.87. The highest BCUT2D eigenvalue weighted by molar-refractivity contribution is 7.89.